The second-order valence-corrected chi connectivity index (χ2v) is 6.63. The number of aromatic nitrogens is 3. The van der Waals surface area contributed by atoms with Gasteiger partial charge in [-0.2, -0.15) is 0 Å². The Morgan fingerprint density at radius 2 is 1.95 bits per heavy atom. The van der Waals surface area contributed by atoms with Gasteiger partial charge >= 0.3 is 0 Å². The van der Waals surface area contributed by atoms with E-state index in [1.807, 2.05) is 30.3 Å². The first-order valence-corrected chi connectivity index (χ1v) is 8.04. The van der Waals surface area contributed by atoms with Crippen molar-refractivity contribution in [2.24, 2.45) is 0 Å². The van der Waals surface area contributed by atoms with Crippen LogP contribution in [0.25, 0.3) is 11.0 Å². The molecule has 1 aromatic carbocycles. The Morgan fingerprint density at radius 3 is 2.65 bits per heavy atom. The molecule has 0 aliphatic heterocycles. The van der Waals surface area contributed by atoms with Gasteiger partial charge in [0.1, 0.15) is 15.6 Å². The number of fused-ring (bicyclic) bond motifs is 1. The van der Waals surface area contributed by atoms with E-state index in [2.05, 4.69) is 25.9 Å². The highest BCUT2D eigenvalue weighted by molar-refractivity contribution is 9.10. The number of benzene rings is 1. The maximum absolute atomic E-state index is 12.7. The number of halogens is 2. The van der Waals surface area contributed by atoms with Gasteiger partial charge in [-0.05, 0) is 41.1 Å². The summed E-state index contributed by atoms with van der Waals surface area (Å²) in [6.07, 6.45) is 0. The topological polar surface area (TPSA) is 47.8 Å². The van der Waals surface area contributed by atoms with Gasteiger partial charge in [-0.15, -0.1) is 0 Å². The number of aryl methyl sites for hydroxylation is 1. The molecule has 0 amide bonds. The summed E-state index contributed by atoms with van der Waals surface area (Å²) < 4.78 is 15.0. The Balaban J connectivity index is 2.26. The highest BCUT2D eigenvalue weighted by Gasteiger charge is 2.18. The van der Waals surface area contributed by atoms with Crippen LogP contribution in [0, 0.1) is 6.92 Å². The Labute approximate surface area is 131 Å². The molecule has 0 spiro atoms. The normalized spacial score (nSPS) is 12.8. The van der Waals surface area contributed by atoms with Crippen molar-refractivity contribution in [2.45, 2.75) is 11.8 Å². The van der Waals surface area contributed by atoms with Crippen molar-refractivity contribution in [1.82, 2.24) is 13.9 Å². The average Bonchev–Trinajstić information content (AvgIpc) is 2.76. The Hall–Kier alpha value is -1.24. The third-order valence-electron chi connectivity index (χ3n) is 2.75. The van der Waals surface area contributed by atoms with Crippen LogP contribution in [0.2, 0.25) is 5.15 Å². The zero-order valence-corrected chi connectivity index (χ0v) is 13.5. The maximum atomic E-state index is 12.7. The van der Waals surface area contributed by atoms with Gasteiger partial charge in [0.15, 0.2) is 16.6 Å². The van der Waals surface area contributed by atoms with E-state index < -0.39 is 11.0 Å². The summed E-state index contributed by atoms with van der Waals surface area (Å²) >= 11 is 9.52. The van der Waals surface area contributed by atoms with Crippen LogP contribution in [0.1, 0.15) is 5.82 Å². The lowest BCUT2D eigenvalue weighted by atomic mass is 10.4. The second kappa shape index (κ2) is 5.27. The minimum atomic E-state index is -1.40. The van der Waals surface area contributed by atoms with Gasteiger partial charge in [-0.25, -0.2) is 18.1 Å². The molecule has 20 heavy (non-hydrogen) atoms. The molecule has 3 aromatic rings. The molecule has 4 nitrogen and oxygen atoms in total. The van der Waals surface area contributed by atoms with E-state index in [1.165, 1.54) is 0 Å². The van der Waals surface area contributed by atoms with Crippen LogP contribution < -0.4 is 0 Å². The van der Waals surface area contributed by atoms with E-state index in [9.17, 15) is 4.21 Å². The fourth-order valence-corrected chi connectivity index (χ4v) is 4.05. The molecule has 1 atom stereocenters. The standard InChI is InChI=1S/C13H9BrClN3OS/c1-8-16-12(15)10-7-11(14)18(13(10)17-8)20(19)9-5-3-2-4-6-9/h2-7H,1H3. The van der Waals surface area contributed by atoms with Crippen molar-refractivity contribution in [3.63, 3.8) is 0 Å². The van der Waals surface area contributed by atoms with Crippen molar-refractivity contribution in [3.8, 4) is 0 Å². The first kappa shape index (κ1) is 13.7. The molecule has 0 fully saturated rings. The Morgan fingerprint density at radius 1 is 1.25 bits per heavy atom. The number of nitrogens with zero attached hydrogens (tertiary/aromatic N) is 3. The number of hydrogen-bond acceptors (Lipinski definition) is 3. The summed E-state index contributed by atoms with van der Waals surface area (Å²) in [4.78, 5) is 9.15. The fraction of sp³-hybridized carbons (Fsp3) is 0.0769. The molecule has 102 valence electrons. The van der Waals surface area contributed by atoms with E-state index in [4.69, 9.17) is 11.6 Å². The summed E-state index contributed by atoms with van der Waals surface area (Å²) in [5.41, 5.74) is 0.552. The molecule has 1 unspecified atom stereocenters. The lowest BCUT2D eigenvalue weighted by Crippen LogP contribution is -2.06. The third-order valence-corrected chi connectivity index (χ3v) is 5.23. The molecule has 2 heterocycles. The minimum Gasteiger partial charge on any atom is -0.232 e. The van der Waals surface area contributed by atoms with E-state index in [-0.39, 0.29) is 0 Å². The average molecular weight is 371 g/mol. The molecule has 3 rings (SSSR count). The van der Waals surface area contributed by atoms with Crippen LogP contribution in [0.5, 0.6) is 0 Å². The molecule has 0 aliphatic carbocycles. The van der Waals surface area contributed by atoms with E-state index >= 15 is 0 Å². The molecule has 2 aromatic heterocycles. The van der Waals surface area contributed by atoms with Crippen molar-refractivity contribution in [3.05, 3.63) is 52.0 Å². The summed E-state index contributed by atoms with van der Waals surface area (Å²) in [5, 5.41) is 1.03. The summed E-state index contributed by atoms with van der Waals surface area (Å²) in [5.74, 6) is 0.541. The maximum Gasteiger partial charge on any atom is 0.159 e. The molecule has 7 heteroatoms. The van der Waals surface area contributed by atoms with E-state index in [0.29, 0.717) is 31.5 Å². The lowest BCUT2D eigenvalue weighted by molar-refractivity contribution is 0.677. The third kappa shape index (κ3) is 2.28. The first-order valence-electron chi connectivity index (χ1n) is 5.76. The molecule has 0 radical (unpaired) electrons. The van der Waals surface area contributed by atoms with Gasteiger partial charge in [0.05, 0.1) is 10.3 Å². The molecule has 0 bridgehead atoms. The van der Waals surface area contributed by atoms with Gasteiger partial charge < -0.3 is 0 Å². The van der Waals surface area contributed by atoms with Crippen molar-refractivity contribution in [2.75, 3.05) is 0 Å². The fourth-order valence-electron chi connectivity index (χ4n) is 1.89. The quantitative estimate of drug-likeness (QED) is 0.646. The monoisotopic (exact) mass is 369 g/mol. The lowest BCUT2D eigenvalue weighted by Gasteiger charge is -2.06. The van der Waals surface area contributed by atoms with Crippen molar-refractivity contribution >= 4 is 49.5 Å². The van der Waals surface area contributed by atoms with Gasteiger partial charge in [-0.1, -0.05) is 29.8 Å². The summed E-state index contributed by atoms with van der Waals surface area (Å²) in [7, 11) is -1.40. The predicted molar refractivity (Wildman–Crippen MR) is 83.2 cm³/mol. The molecule has 0 saturated carbocycles. The summed E-state index contributed by atoms with van der Waals surface area (Å²) in [6, 6.07) is 11.0. The predicted octanol–water partition coefficient (Wildman–Crippen LogP) is 3.73. The second-order valence-electron chi connectivity index (χ2n) is 4.12. The largest absolute Gasteiger partial charge is 0.232 e. The number of hydrogen-bond donors (Lipinski definition) is 0. The van der Waals surface area contributed by atoms with Crippen LogP contribution in [0.15, 0.2) is 45.9 Å². The highest BCUT2D eigenvalue weighted by Crippen LogP contribution is 2.29. The van der Waals surface area contributed by atoms with Crippen molar-refractivity contribution in [1.29, 1.82) is 0 Å². The van der Waals surface area contributed by atoms with Gasteiger partial charge in [-0.3, -0.25) is 0 Å². The Bertz CT molecular complexity index is 819. The highest BCUT2D eigenvalue weighted by atomic mass is 79.9. The van der Waals surface area contributed by atoms with E-state index in [1.54, 1.807) is 17.0 Å². The summed E-state index contributed by atoms with van der Waals surface area (Å²) in [6.45, 7) is 1.75. The van der Waals surface area contributed by atoms with Gasteiger partial charge in [0.2, 0.25) is 0 Å². The molecule has 0 N–H and O–H groups in total. The molecular weight excluding hydrogens is 362 g/mol. The zero-order chi connectivity index (χ0) is 14.3. The SMILES string of the molecule is Cc1nc(Cl)c2cc(Br)n(S(=O)c3ccccc3)c2n1. The van der Waals surface area contributed by atoms with Gasteiger partial charge in [0, 0.05) is 0 Å². The van der Waals surface area contributed by atoms with Gasteiger partial charge in [0.25, 0.3) is 0 Å². The van der Waals surface area contributed by atoms with E-state index in [0.717, 1.165) is 0 Å². The van der Waals surface area contributed by atoms with Crippen LogP contribution >= 0.6 is 27.5 Å². The number of rotatable bonds is 2. The smallest absolute Gasteiger partial charge is 0.159 e. The molecule has 0 saturated heterocycles. The molecular formula is C13H9BrClN3OS. The van der Waals surface area contributed by atoms with Crippen LogP contribution in [-0.2, 0) is 11.0 Å². The first-order chi connectivity index (χ1) is 9.58. The van der Waals surface area contributed by atoms with Crippen LogP contribution in [-0.4, -0.2) is 18.1 Å². The zero-order valence-electron chi connectivity index (χ0n) is 10.4. The molecule has 0 aliphatic rings. The van der Waals surface area contributed by atoms with Crippen LogP contribution in [0.4, 0.5) is 0 Å². The minimum absolute atomic E-state index is 0.358. The van der Waals surface area contributed by atoms with Crippen molar-refractivity contribution < 1.29 is 4.21 Å². The van der Waals surface area contributed by atoms with Crippen LogP contribution in [0.3, 0.4) is 0 Å². The Kier molecular flexibility index (Phi) is 3.62.